The van der Waals surface area contributed by atoms with E-state index in [0.29, 0.717) is 16.9 Å². The molecule has 0 amide bonds. The van der Waals surface area contributed by atoms with Gasteiger partial charge < -0.3 is 19.1 Å². The smallest absolute Gasteiger partial charge is 0.325 e. The highest BCUT2D eigenvalue weighted by Gasteiger charge is 2.46. The number of carboxylic acid groups (broad SMARTS) is 1. The Morgan fingerprint density at radius 1 is 1.17 bits per heavy atom. The van der Waals surface area contributed by atoms with Gasteiger partial charge in [-0.2, -0.15) is 4.31 Å². The third-order valence-corrected chi connectivity index (χ3v) is 9.08. The molecule has 1 aromatic carbocycles. The molecular formula is C24H29N3O7S2. The quantitative estimate of drug-likeness (QED) is 0.489. The van der Waals surface area contributed by atoms with Crippen molar-refractivity contribution in [2.24, 2.45) is 7.05 Å². The fraction of sp³-hybridized carbons (Fsp3) is 0.417. The number of pyridine rings is 1. The summed E-state index contributed by atoms with van der Waals surface area (Å²) in [5.41, 5.74) is 0.125. The Hall–Kier alpha value is -2.93. The van der Waals surface area contributed by atoms with Crippen molar-refractivity contribution < 1.29 is 27.8 Å². The van der Waals surface area contributed by atoms with Crippen molar-refractivity contribution >= 4 is 37.4 Å². The van der Waals surface area contributed by atoms with Crippen LogP contribution >= 0.6 is 11.3 Å². The van der Waals surface area contributed by atoms with Gasteiger partial charge >= 0.3 is 5.97 Å². The molecule has 4 rings (SSSR count). The van der Waals surface area contributed by atoms with E-state index in [-0.39, 0.29) is 31.7 Å². The molecule has 1 saturated heterocycles. The van der Waals surface area contributed by atoms with Crippen LogP contribution in [0.3, 0.4) is 0 Å². The van der Waals surface area contributed by atoms with Gasteiger partial charge in [0.15, 0.2) is 11.5 Å². The van der Waals surface area contributed by atoms with Gasteiger partial charge in [0.1, 0.15) is 5.54 Å². The molecule has 10 nitrogen and oxygen atoms in total. The van der Waals surface area contributed by atoms with Gasteiger partial charge in [-0.1, -0.05) is 6.07 Å². The number of ether oxygens (including phenoxy) is 2. The summed E-state index contributed by atoms with van der Waals surface area (Å²) in [6.07, 6.45) is 2.86. The predicted molar refractivity (Wildman–Crippen MR) is 138 cm³/mol. The van der Waals surface area contributed by atoms with Crippen LogP contribution in [-0.4, -0.2) is 78.9 Å². The molecule has 1 aliphatic heterocycles. The van der Waals surface area contributed by atoms with E-state index >= 15 is 0 Å². The Labute approximate surface area is 213 Å². The first kappa shape index (κ1) is 26.1. The summed E-state index contributed by atoms with van der Waals surface area (Å²) >= 11 is 1.43. The number of carbonyl (C=O) groups is 1. The number of aryl methyl sites for hydroxylation is 1. The van der Waals surface area contributed by atoms with Gasteiger partial charge in [-0.05, 0) is 30.7 Å². The fourth-order valence-corrected chi connectivity index (χ4v) is 6.61. The number of methoxy groups -OCH3 is 2. The molecule has 1 N–H and O–H groups in total. The van der Waals surface area contributed by atoms with Crippen molar-refractivity contribution in [3.8, 4) is 22.6 Å². The molecule has 194 valence electrons. The number of nitrogens with zero attached hydrogens (tertiary/aromatic N) is 3. The Balaban J connectivity index is 1.76. The summed E-state index contributed by atoms with van der Waals surface area (Å²) in [4.78, 5) is 27.8. The largest absolute Gasteiger partial charge is 0.493 e. The summed E-state index contributed by atoms with van der Waals surface area (Å²) in [6, 6.07) is 7.35. The van der Waals surface area contributed by atoms with Gasteiger partial charge in [0.25, 0.3) is 5.56 Å². The van der Waals surface area contributed by atoms with E-state index in [2.05, 4.69) is 0 Å². The second-order valence-corrected chi connectivity index (χ2v) is 12.2. The Bertz CT molecular complexity index is 1500. The molecule has 0 saturated carbocycles. The van der Waals surface area contributed by atoms with E-state index < -0.39 is 21.5 Å². The van der Waals surface area contributed by atoms with Crippen LogP contribution in [-0.2, 0) is 28.4 Å². The fourth-order valence-electron chi connectivity index (χ4n) is 4.52. The number of carboxylic acids is 1. The third-order valence-electron chi connectivity index (χ3n) is 6.67. The number of aliphatic carboxylic acids is 1. The molecule has 0 radical (unpaired) electrons. The van der Waals surface area contributed by atoms with E-state index in [1.54, 1.807) is 44.5 Å². The van der Waals surface area contributed by atoms with Gasteiger partial charge in [-0.3, -0.25) is 14.5 Å². The molecular weight excluding hydrogens is 506 g/mol. The van der Waals surface area contributed by atoms with Gasteiger partial charge in [-0.25, -0.2) is 8.42 Å². The second-order valence-electron chi connectivity index (χ2n) is 9.08. The molecule has 1 aliphatic rings. The van der Waals surface area contributed by atoms with Crippen molar-refractivity contribution in [1.29, 1.82) is 0 Å². The number of hydrogen-bond donors (Lipinski definition) is 1. The van der Waals surface area contributed by atoms with E-state index in [4.69, 9.17) is 9.47 Å². The minimum absolute atomic E-state index is 0.148. The summed E-state index contributed by atoms with van der Waals surface area (Å²) in [7, 11) is 1.29. The third kappa shape index (κ3) is 4.61. The maximum atomic E-state index is 13.0. The number of rotatable bonds is 7. The molecule has 3 aromatic rings. The van der Waals surface area contributed by atoms with Crippen LogP contribution in [0.1, 0.15) is 11.8 Å². The highest BCUT2D eigenvalue weighted by molar-refractivity contribution is 7.88. The second kappa shape index (κ2) is 9.51. The van der Waals surface area contributed by atoms with Crippen LogP contribution in [0.2, 0.25) is 0 Å². The summed E-state index contributed by atoms with van der Waals surface area (Å²) in [5, 5.41) is 10.5. The van der Waals surface area contributed by atoms with Crippen molar-refractivity contribution in [1.82, 2.24) is 13.8 Å². The van der Waals surface area contributed by atoms with E-state index in [9.17, 15) is 23.1 Å². The standard InChI is InChI=1S/C24H29N3O7S2/c1-24(23(29)30)14-27(36(5,31)32)9-8-26(24)12-16-11-17-21(35-16)18(13-25(2)22(17)28)15-6-7-19(33-3)20(10-15)34-4/h6-7,10-11,13H,8-9,12,14H2,1-5H3,(H,29,30). The zero-order valence-electron chi connectivity index (χ0n) is 20.8. The summed E-state index contributed by atoms with van der Waals surface area (Å²) in [5.74, 6) is 0.0593. The van der Waals surface area contributed by atoms with Crippen molar-refractivity contribution in [2.45, 2.75) is 19.0 Å². The molecule has 12 heteroatoms. The molecule has 1 fully saturated rings. The number of hydrogen-bond acceptors (Lipinski definition) is 8. The first-order valence-electron chi connectivity index (χ1n) is 11.2. The number of piperazine rings is 1. The van der Waals surface area contributed by atoms with Gasteiger partial charge in [0.05, 0.1) is 25.9 Å². The minimum Gasteiger partial charge on any atom is -0.493 e. The monoisotopic (exact) mass is 535 g/mol. The lowest BCUT2D eigenvalue weighted by Gasteiger charge is -2.45. The molecule has 0 spiro atoms. The highest BCUT2D eigenvalue weighted by Crippen LogP contribution is 2.38. The van der Waals surface area contributed by atoms with Crippen molar-refractivity contribution in [3.63, 3.8) is 0 Å². The van der Waals surface area contributed by atoms with Gasteiger partial charge in [-0.15, -0.1) is 11.3 Å². The Kier molecular flexibility index (Phi) is 6.90. The summed E-state index contributed by atoms with van der Waals surface area (Å²) < 4.78 is 38.4. The van der Waals surface area contributed by atoms with Crippen LogP contribution in [0.15, 0.2) is 35.3 Å². The zero-order valence-corrected chi connectivity index (χ0v) is 22.4. The number of sulfonamides is 1. The molecule has 36 heavy (non-hydrogen) atoms. The van der Waals surface area contributed by atoms with E-state index in [1.165, 1.54) is 27.1 Å². The first-order chi connectivity index (χ1) is 16.9. The Morgan fingerprint density at radius 3 is 2.47 bits per heavy atom. The molecule has 0 aliphatic carbocycles. The zero-order chi connectivity index (χ0) is 26.4. The van der Waals surface area contributed by atoms with Crippen LogP contribution in [0.4, 0.5) is 0 Å². The normalized spacial score (nSPS) is 19.5. The van der Waals surface area contributed by atoms with E-state index in [0.717, 1.165) is 27.0 Å². The van der Waals surface area contributed by atoms with E-state index in [1.807, 2.05) is 12.1 Å². The van der Waals surface area contributed by atoms with Crippen LogP contribution in [0.25, 0.3) is 21.2 Å². The molecule has 2 aromatic heterocycles. The van der Waals surface area contributed by atoms with Gasteiger partial charge in [0.2, 0.25) is 10.0 Å². The number of benzene rings is 1. The molecule has 1 atom stereocenters. The SMILES string of the molecule is COc1ccc(-c2cn(C)c(=O)c3cc(CN4CCN(S(C)(=O)=O)CC4(C)C(=O)O)sc23)cc1OC. The lowest BCUT2D eigenvalue weighted by atomic mass is 9.97. The minimum atomic E-state index is -3.52. The van der Waals surface area contributed by atoms with Crippen molar-refractivity contribution in [3.05, 3.63) is 45.7 Å². The molecule has 3 heterocycles. The average molecular weight is 536 g/mol. The predicted octanol–water partition coefficient (Wildman–Crippen LogP) is 2.20. The maximum Gasteiger partial charge on any atom is 0.325 e. The summed E-state index contributed by atoms with van der Waals surface area (Å²) in [6.45, 7) is 2.11. The topological polar surface area (TPSA) is 118 Å². The van der Waals surface area contributed by atoms with Crippen LogP contribution < -0.4 is 15.0 Å². The Morgan fingerprint density at radius 2 is 1.86 bits per heavy atom. The molecule has 1 unspecified atom stereocenters. The van der Waals surface area contributed by atoms with Crippen LogP contribution in [0.5, 0.6) is 11.5 Å². The number of fused-ring (bicyclic) bond motifs is 1. The first-order valence-corrected chi connectivity index (χ1v) is 13.8. The number of aromatic nitrogens is 1. The lowest BCUT2D eigenvalue weighted by Crippen LogP contribution is -2.64. The van der Waals surface area contributed by atoms with Crippen LogP contribution in [0, 0.1) is 0 Å². The average Bonchev–Trinajstić information content (AvgIpc) is 3.25. The molecule has 0 bridgehead atoms. The maximum absolute atomic E-state index is 13.0. The van der Waals surface area contributed by atoms with Crippen molar-refractivity contribution in [2.75, 3.05) is 40.1 Å². The lowest BCUT2D eigenvalue weighted by molar-refractivity contribution is -0.153. The number of thiophene rings is 1. The highest BCUT2D eigenvalue weighted by atomic mass is 32.2. The van der Waals surface area contributed by atoms with Gasteiger partial charge in [0, 0.05) is 54.6 Å².